The first-order valence-electron chi connectivity index (χ1n) is 6.44. The summed E-state index contributed by atoms with van der Waals surface area (Å²) < 4.78 is 15.0. The fourth-order valence-electron chi connectivity index (χ4n) is 1.81. The van der Waals surface area contributed by atoms with Gasteiger partial charge in [0.15, 0.2) is 5.11 Å². The van der Waals surface area contributed by atoms with Crippen LogP contribution in [0.3, 0.4) is 0 Å². The fourth-order valence-corrected chi connectivity index (χ4v) is 2.03. The van der Waals surface area contributed by atoms with E-state index in [1.54, 1.807) is 18.3 Å². The first kappa shape index (κ1) is 14.5. The SMILES string of the molecule is Cc1ccnn1CCCNC(=S)Nc1cccc(F)c1. The summed E-state index contributed by atoms with van der Waals surface area (Å²) in [6.45, 7) is 3.60. The molecule has 0 aliphatic carbocycles. The third kappa shape index (κ3) is 4.31. The standard InChI is InChI=1S/C14H17FN4S/c1-11-6-8-17-19(11)9-3-7-16-14(20)18-13-5-2-4-12(15)10-13/h2,4-6,8,10H,3,7,9H2,1H3,(H2,16,18,20). The zero-order valence-electron chi connectivity index (χ0n) is 11.3. The average Bonchev–Trinajstić information content (AvgIpc) is 2.80. The van der Waals surface area contributed by atoms with Crippen LogP contribution in [0.15, 0.2) is 36.5 Å². The number of benzene rings is 1. The van der Waals surface area contributed by atoms with Gasteiger partial charge in [-0.25, -0.2) is 4.39 Å². The molecule has 0 spiro atoms. The van der Waals surface area contributed by atoms with Gasteiger partial charge in [-0.15, -0.1) is 0 Å². The molecule has 2 aromatic rings. The summed E-state index contributed by atoms with van der Waals surface area (Å²) in [7, 11) is 0. The van der Waals surface area contributed by atoms with Crippen LogP contribution in [0.5, 0.6) is 0 Å². The minimum absolute atomic E-state index is 0.285. The van der Waals surface area contributed by atoms with Crippen molar-refractivity contribution < 1.29 is 4.39 Å². The highest BCUT2D eigenvalue weighted by Gasteiger charge is 2.00. The summed E-state index contributed by atoms with van der Waals surface area (Å²) in [6.07, 6.45) is 2.70. The second kappa shape index (κ2) is 7.00. The van der Waals surface area contributed by atoms with Gasteiger partial charge in [-0.05, 0) is 49.8 Å². The van der Waals surface area contributed by atoms with Crippen molar-refractivity contribution in [3.05, 3.63) is 48.0 Å². The molecule has 2 N–H and O–H groups in total. The Kier molecular flexibility index (Phi) is 5.06. The van der Waals surface area contributed by atoms with Gasteiger partial charge in [0, 0.05) is 30.7 Å². The lowest BCUT2D eigenvalue weighted by atomic mass is 10.3. The van der Waals surface area contributed by atoms with Gasteiger partial charge in [-0.2, -0.15) is 5.10 Å². The topological polar surface area (TPSA) is 41.9 Å². The zero-order chi connectivity index (χ0) is 14.4. The van der Waals surface area contributed by atoms with E-state index in [0.717, 1.165) is 25.2 Å². The lowest BCUT2D eigenvalue weighted by Gasteiger charge is -2.11. The highest BCUT2D eigenvalue weighted by atomic mass is 32.1. The van der Waals surface area contributed by atoms with Gasteiger partial charge in [0.1, 0.15) is 5.82 Å². The molecule has 0 unspecified atom stereocenters. The van der Waals surface area contributed by atoms with Crippen LogP contribution in [0.4, 0.5) is 10.1 Å². The maximum atomic E-state index is 13.0. The summed E-state index contributed by atoms with van der Waals surface area (Å²) >= 11 is 5.15. The smallest absolute Gasteiger partial charge is 0.170 e. The molecular weight excluding hydrogens is 275 g/mol. The summed E-state index contributed by atoms with van der Waals surface area (Å²) in [6, 6.07) is 8.18. The van der Waals surface area contributed by atoms with E-state index in [-0.39, 0.29) is 5.82 Å². The van der Waals surface area contributed by atoms with Gasteiger partial charge in [-0.1, -0.05) is 6.07 Å². The number of rotatable bonds is 5. The Hall–Kier alpha value is -1.95. The molecule has 6 heteroatoms. The molecule has 0 amide bonds. The van der Waals surface area contributed by atoms with Gasteiger partial charge in [-0.3, -0.25) is 4.68 Å². The predicted octanol–water partition coefficient (Wildman–Crippen LogP) is 2.71. The number of aromatic nitrogens is 2. The van der Waals surface area contributed by atoms with Gasteiger partial charge in [0.05, 0.1) is 0 Å². The second-order valence-corrected chi connectivity index (χ2v) is 4.85. The molecular formula is C14H17FN4S. The van der Waals surface area contributed by atoms with E-state index < -0.39 is 0 Å². The van der Waals surface area contributed by atoms with Gasteiger partial charge in [0.25, 0.3) is 0 Å². The van der Waals surface area contributed by atoms with E-state index in [2.05, 4.69) is 15.7 Å². The Balaban J connectivity index is 1.69. The number of aryl methyl sites for hydroxylation is 2. The van der Waals surface area contributed by atoms with E-state index in [0.29, 0.717) is 10.8 Å². The van der Waals surface area contributed by atoms with E-state index in [1.807, 2.05) is 17.7 Å². The first-order valence-corrected chi connectivity index (χ1v) is 6.85. The van der Waals surface area contributed by atoms with Gasteiger partial charge >= 0.3 is 0 Å². The minimum Gasteiger partial charge on any atom is -0.362 e. The summed E-state index contributed by atoms with van der Waals surface area (Å²) in [4.78, 5) is 0. The molecule has 20 heavy (non-hydrogen) atoms. The summed E-state index contributed by atoms with van der Waals surface area (Å²) in [5.74, 6) is -0.285. The molecule has 4 nitrogen and oxygen atoms in total. The maximum absolute atomic E-state index is 13.0. The molecule has 0 bridgehead atoms. The van der Waals surface area contributed by atoms with Crippen LogP contribution in [0.25, 0.3) is 0 Å². The number of hydrogen-bond donors (Lipinski definition) is 2. The third-order valence-corrected chi connectivity index (χ3v) is 3.09. The van der Waals surface area contributed by atoms with Crippen molar-refractivity contribution in [2.45, 2.75) is 19.9 Å². The highest BCUT2D eigenvalue weighted by molar-refractivity contribution is 7.80. The zero-order valence-corrected chi connectivity index (χ0v) is 12.1. The van der Waals surface area contributed by atoms with E-state index >= 15 is 0 Å². The molecule has 0 fully saturated rings. The lowest BCUT2D eigenvalue weighted by Crippen LogP contribution is -2.29. The number of nitrogens with zero attached hydrogens (tertiary/aromatic N) is 2. The van der Waals surface area contributed by atoms with Crippen molar-refractivity contribution in [1.82, 2.24) is 15.1 Å². The molecule has 0 aliphatic heterocycles. The fraction of sp³-hybridized carbons (Fsp3) is 0.286. The molecule has 1 aromatic heterocycles. The quantitative estimate of drug-likeness (QED) is 0.657. The molecule has 0 saturated carbocycles. The Morgan fingerprint density at radius 1 is 1.40 bits per heavy atom. The molecule has 0 saturated heterocycles. The van der Waals surface area contributed by atoms with Crippen LogP contribution in [0.1, 0.15) is 12.1 Å². The third-order valence-electron chi connectivity index (χ3n) is 2.84. The monoisotopic (exact) mass is 292 g/mol. The molecule has 106 valence electrons. The van der Waals surface area contributed by atoms with Crippen molar-refractivity contribution in [1.29, 1.82) is 0 Å². The maximum Gasteiger partial charge on any atom is 0.170 e. The largest absolute Gasteiger partial charge is 0.362 e. The number of thiocarbonyl (C=S) groups is 1. The highest BCUT2D eigenvalue weighted by Crippen LogP contribution is 2.08. The molecule has 1 heterocycles. The predicted molar refractivity (Wildman–Crippen MR) is 82.2 cm³/mol. The minimum atomic E-state index is -0.285. The van der Waals surface area contributed by atoms with Crippen molar-refractivity contribution in [3.63, 3.8) is 0 Å². The number of nitrogens with one attached hydrogen (secondary N) is 2. The lowest BCUT2D eigenvalue weighted by molar-refractivity contribution is 0.561. The Labute approximate surface area is 123 Å². The van der Waals surface area contributed by atoms with Crippen LogP contribution in [0.2, 0.25) is 0 Å². The number of hydrogen-bond acceptors (Lipinski definition) is 2. The van der Waals surface area contributed by atoms with Crippen molar-refractivity contribution >= 4 is 23.0 Å². The van der Waals surface area contributed by atoms with Crippen LogP contribution in [-0.4, -0.2) is 21.4 Å². The first-order chi connectivity index (χ1) is 9.65. The van der Waals surface area contributed by atoms with Crippen LogP contribution in [-0.2, 0) is 6.54 Å². The number of anilines is 1. The van der Waals surface area contributed by atoms with Crippen molar-refractivity contribution in [2.24, 2.45) is 0 Å². The van der Waals surface area contributed by atoms with Crippen LogP contribution >= 0.6 is 12.2 Å². The van der Waals surface area contributed by atoms with E-state index in [1.165, 1.54) is 12.1 Å². The van der Waals surface area contributed by atoms with Crippen LogP contribution in [0, 0.1) is 12.7 Å². The average molecular weight is 292 g/mol. The van der Waals surface area contributed by atoms with E-state index in [9.17, 15) is 4.39 Å². The molecule has 2 rings (SSSR count). The normalized spacial score (nSPS) is 10.3. The number of halogens is 1. The molecule has 0 radical (unpaired) electrons. The molecule has 0 aliphatic rings. The molecule has 0 atom stereocenters. The van der Waals surface area contributed by atoms with Crippen molar-refractivity contribution in [2.75, 3.05) is 11.9 Å². The van der Waals surface area contributed by atoms with Gasteiger partial charge < -0.3 is 10.6 Å². The Morgan fingerprint density at radius 3 is 2.95 bits per heavy atom. The Morgan fingerprint density at radius 2 is 2.25 bits per heavy atom. The summed E-state index contributed by atoms with van der Waals surface area (Å²) in [5.41, 5.74) is 1.79. The van der Waals surface area contributed by atoms with Crippen LogP contribution < -0.4 is 10.6 Å². The van der Waals surface area contributed by atoms with Crippen molar-refractivity contribution in [3.8, 4) is 0 Å². The summed E-state index contributed by atoms with van der Waals surface area (Å²) in [5, 5.41) is 10.7. The van der Waals surface area contributed by atoms with Gasteiger partial charge in [0.2, 0.25) is 0 Å². The molecule has 1 aromatic carbocycles. The second-order valence-electron chi connectivity index (χ2n) is 4.44. The van der Waals surface area contributed by atoms with E-state index in [4.69, 9.17) is 12.2 Å². The Bertz CT molecular complexity index is 582.